The molecule has 0 saturated heterocycles. The third kappa shape index (κ3) is 1.62. The molecule has 82 valence electrons. The van der Waals surface area contributed by atoms with Gasteiger partial charge in [0, 0.05) is 11.1 Å². The summed E-state index contributed by atoms with van der Waals surface area (Å²) >= 11 is 3.35. The van der Waals surface area contributed by atoms with E-state index >= 15 is 0 Å². The molecule has 0 aliphatic heterocycles. The summed E-state index contributed by atoms with van der Waals surface area (Å²) in [6.45, 7) is 1.95. The Balaban J connectivity index is 2.64. The summed E-state index contributed by atoms with van der Waals surface area (Å²) in [4.78, 5) is 0. The van der Waals surface area contributed by atoms with Crippen LogP contribution in [0.5, 0.6) is 11.5 Å². The summed E-state index contributed by atoms with van der Waals surface area (Å²) < 4.78 is 5.90. The number of hydrogen-bond acceptors (Lipinski definition) is 3. The number of phenolic OH excluding ortho intramolecular Hbond substituents is 1. The lowest BCUT2D eigenvalue weighted by Crippen LogP contribution is -2.20. The molecule has 0 heterocycles. The molecule has 3 N–H and O–H groups in total. The highest BCUT2D eigenvalue weighted by Gasteiger charge is 2.44. The van der Waals surface area contributed by atoms with Crippen molar-refractivity contribution in [3.8, 4) is 11.5 Å². The van der Waals surface area contributed by atoms with E-state index in [4.69, 9.17) is 10.5 Å². The molecular formula is C11H14BrNO2. The van der Waals surface area contributed by atoms with Crippen molar-refractivity contribution in [2.75, 3.05) is 7.11 Å². The summed E-state index contributed by atoms with van der Waals surface area (Å²) in [7, 11) is 1.54. The van der Waals surface area contributed by atoms with Crippen LogP contribution in [0.3, 0.4) is 0 Å². The van der Waals surface area contributed by atoms with Gasteiger partial charge < -0.3 is 15.6 Å². The van der Waals surface area contributed by atoms with Crippen LogP contribution in [0.15, 0.2) is 10.5 Å². The molecule has 0 atom stereocenters. The van der Waals surface area contributed by atoms with Gasteiger partial charge in [-0.15, -0.1) is 0 Å². The second-order valence-electron chi connectivity index (χ2n) is 4.09. The Morgan fingerprint density at radius 2 is 2.13 bits per heavy atom. The van der Waals surface area contributed by atoms with Crippen LogP contribution in [0.1, 0.15) is 24.0 Å². The Bertz CT molecular complexity index is 414. The molecule has 1 aromatic carbocycles. The van der Waals surface area contributed by atoms with Crippen LogP contribution >= 0.6 is 15.9 Å². The van der Waals surface area contributed by atoms with E-state index in [9.17, 15) is 5.11 Å². The number of aromatic hydroxyl groups is 1. The molecule has 1 saturated carbocycles. The van der Waals surface area contributed by atoms with Crippen LogP contribution < -0.4 is 10.5 Å². The quantitative estimate of drug-likeness (QED) is 0.869. The van der Waals surface area contributed by atoms with E-state index in [1.807, 2.05) is 13.0 Å². The Morgan fingerprint density at radius 1 is 1.53 bits per heavy atom. The van der Waals surface area contributed by atoms with Crippen LogP contribution in [0.2, 0.25) is 0 Å². The summed E-state index contributed by atoms with van der Waals surface area (Å²) in [6.07, 6.45) is 1.85. The fraction of sp³-hybridized carbons (Fsp3) is 0.455. The first kappa shape index (κ1) is 10.8. The predicted octanol–water partition coefficient (Wildman–Crippen LogP) is 2.42. The predicted molar refractivity (Wildman–Crippen MR) is 62.2 cm³/mol. The maximum atomic E-state index is 10.1. The average Bonchev–Trinajstić information content (AvgIpc) is 2.83. The van der Waals surface area contributed by atoms with E-state index in [0.29, 0.717) is 5.75 Å². The van der Waals surface area contributed by atoms with Gasteiger partial charge in [0.1, 0.15) is 0 Å². The number of aryl methyl sites for hydroxylation is 1. The van der Waals surface area contributed by atoms with Crippen molar-refractivity contribution >= 4 is 15.9 Å². The Kier molecular flexibility index (Phi) is 2.43. The zero-order valence-corrected chi connectivity index (χ0v) is 10.4. The van der Waals surface area contributed by atoms with Crippen molar-refractivity contribution < 1.29 is 9.84 Å². The van der Waals surface area contributed by atoms with E-state index in [-0.39, 0.29) is 11.3 Å². The van der Waals surface area contributed by atoms with Gasteiger partial charge in [-0.3, -0.25) is 0 Å². The van der Waals surface area contributed by atoms with Gasteiger partial charge in [0.05, 0.1) is 11.6 Å². The molecule has 2 rings (SSSR count). The highest BCUT2D eigenvalue weighted by atomic mass is 79.9. The molecule has 0 spiro atoms. The number of methoxy groups -OCH3 is 1. The zero-order chi connectivity index (χ0) is 11.2. The van der Waals surface area contributed by atoms with Crippen LogP contribution in [0, 0.1) is 6.92 Å². The SMILES string of the molecule is COc1c(Br)cc(C)c(C2(N)CC2)c1O. The Labute approximate surface area is 97.4 Å². The van der Waals surface area contributed by atoms with E-state index in [2.05, 4.69) is 15.9 Å². The van der Waals surface area contributed by atoms with Gasteiger partial charge in [-0.25, -0.2) is 0 Å². The van der Waals surface area contributed by atoms with Crippen molar-refractivity contribution in [2.24, 2.45) is 5.73 Å². The number of benzene rings is 1. The fourth-order valence-corrected chi connectivity index (χ4v) is 2.64. The van der Waals surface area contributed by atoms with Crippen LogP contribution in [0.25, 0.3) is 0 Å². The van der Waals surface area contributed by atoms with Gasteiger partial charge in [0.2, 0.25) is 0 Å². The third-order valence-corrected chi connectivity index (χ3v) is 3.49. The molecule has 0 radical (unpaired) electrons. The largest absolute Gasteiger partial charge is 0.504 e. The standard InChI is InChI=1S/C11H14BrNO2/c1-6-5-7(12)10(15-2)9(14)8(6)11(13)3-4-11/h5,14H,3-4,13H2,1-2H3. The first-order valence-electron chi connectivity index (χ1n) is 4.85. The van der Waals surface area contributed by atoms with Gasteiger partial charge in [-0.1, -0.05) is 0 Å². The smallest absolute Gasteiger partial charge is 0.175 e. The fourth-order valence-electron chi connectivity index (χ4n) is 1.95. The molecule has 1 fully saturated rings. The van der Waals surface area contributed by atoms with Gasteiger partial charge in [-0.2, -0.15) is 0 Å². The van der Waals surface area contributed by atoms with E-state index in [0.717, 1.165) is 28.4 Å². The summed E-state index contributed by atoms with van der Waals surface area (Å²) in [5, 5.41) is 10.1. The van der Waals surface area contributed by atoms with Gasteiger partial charge in [0.15, 0.2) is 11.5 Å². The van der Waals surface area contributed by atoms with Crippen LogP contribution in [-0.2, 0) is 5.54 Å². The van der Waals surface area contributed by atoms with Crippen molar-refractivity contribution in [2.45, 2.75) is 25.3 Å². The number of rotatable bonds is 2. The van der Waals surface area contributed by atoms with E-state index < -0.39 is 0 Å². The van der Waals surface area contributed by atoms with Crippen molar-refractivity contribution in [3.05, 3.63) is 21.7 Å². The van der Waals surface area contributed by atoms with Crippen LogP contribution in [0.4, 0.5) is 0 Å². The highest BCUT2D eigenvalue weighted by molar-refractivity contribution is 9.10. The lowest BCUT2D eigenvalue weighted by Gasteiger charge is -2.18. The van der Waals surface area contributed by atoms with Crippen molar-refractivity contribution in [1.29, 1.82) is 0 Å². The topological polar surface area (TPSA) is 55.5 Å². The first-order chi connectivity index (χ1) is 6.99. The maximum Gasteiger partial charge on any atom is 0.175 e. The van der Waals surface area contributed by atoms with Gasteiger partial charge in [0.25, 0.3) is 0 Å². The minimum Gasteiger partial charge on any atom is -0.504 e. The molecule has 1 aliphatic carbocycles. The molecule has 0 aromatic heterocycles. The molecular weight excluding hydrogens is 258 g/mol. The number of halogens is 1. The monoisotopic (exact) mass is 271 g/mol. The first-order valence-corrected chi connectivity index (χ1v) is 5.64. The van der Waals surface area contributed by atoms with Crippen molar-refractivity contribution in [1.82, 2.24) is 0 Å². The summed E-state index contributed by atoms with van der Waals surface area (Å²) in [6, 6.07) is 1.93. The van der Waals surface area contributed by atoms with Gasteiger partial charge >= 0.3 is 0 Å². The molecule has 1 aliphatic rings. The number of phenols is 1. The molecule has 0 amide bonds. The molecule has 1 aromatic rings. The molecule has 0 unspecified atom stereocenters. The molecule has 3 nitrogen and oxygen atoms in total. The summed E-state index contributed by atoms with van der Waals surface area (Å²) in [5.41, 5.74) is 7.59. The van der Waals surface area contributed by atoms with E-state index in [1.54, 1.807) is 0 Å². The van der Waals surface area contributed by atoms with E-state index in [1.165, 1.54) is 7.11 Å². The number of ether oxygens (including phenoxy) is 1. The highest BCUT2D eigenvalue weighted by Crippen LogP contribution is 2.51. The normalized spacial score (nSPS) is 17.6. The second kappa shape index (κ2) is 3.39. The molecule has 15 heavy (non-hydrogen) atoms. The minimum atomic E-state index is -0.345. The Hall–Kier alpha value is -0.740. The third-order valence-electron chi connectivity index (χ3n) is 2.90. The lowest BCUT2D eigenvalue weighted by atomic mass is 9.98. The molecule has 4 heteroatoms. The second-order valence-corrected chi connectivity index (χ2v) is 4.94. The number of nitrogens with two attached hydrogens (primary N) is 1. The molecule has 0 bridgehead atoms. The average molecular weight is 272 g/mol. The Morgan fingerprint density at radius 3 is 2.60 bits per heavy atom. The minimum absolute atomic E-state index is 0.171. The number of hydrogen-bond donors (Lipinski definition) is 2. The van der Waals surface area contributed by atoms with Crippen molar-refractivity contribution in [3.63, 3.8) is 0 Å². The van der Waals surface area contributed by atoms with Crippen LogP contribution in [-0.4, -0.2) is 12.2 Å². The zero-order valence-electron chi connectivity index (χ0n) is 8.80. The lowest BCUT2D eigenvalue weighted by molar-refractivity contribution is 0.365. The maximum absolute atomic E-state index is 10.1. The summed E-state index contributed by atoms with van der Waals surface area (Å²) in [5.74, 6) is 0.636. The van der Waals surface area contributed by atoms with Gasteiger partial charge in [-0.05, 0) is 47.3 Å².